The number of nitrogens with one attached hydrogen (secondary N) is 1. The van der Waals surface area contributed by atoms with Gasteiger partial charge in [-0.2, -0.15) is 5.10 Å². The monoisotopic (exact) mass is 361 g/mol. The third kappa shape index (κ3) is 4.64. The van der Waals surface area contributed by atoms with Gasteiger partial charge in [-0.1, -0.05) is 67.8 Å². The summed E-state index contributed by atoms with van der Waals surface area (Å²) in [5.41, 5.74) is 5.18. The number of anilines is 1. The van der Waals surface area contributed by atoms with Gasteiger partial charge < -0.3 is 5.32 Å². The van der Waals surface area contributed by atoms with Crippen LogP contribution in [0.3, 0.4) is 0 Å². The van der Waals surface area contributed by atoms with Crippen molar-refractivity contribution in [1.29, 1.82) is 0 Å². The number of para-hydroxylation sites is 1. The van der Waals surface area contributed by atoms with Crippen molar-refractivity contribution in [2.24, 2.45) is 0 Å². The maximum absolute atomic E-state index is 12.4. The van der Waals surface area contributed by atoms with Crippen LogP contribution in [0.15, 0.2) is 54.6 Å². The molecule has 0 fully saturated rings. The highest BCUT2D eigenvalue weighted by Crippen LogP contribution is 2.26. The lowest BCUT2D eigenvalue weighted by molar-refractivity contribution is -0.116. The van der Waals surface area contributed by atoms with Crippen molar-refractivity contribution in [1.82, 2.24) is 9.78 Å². The highest BCUT2D eigenvalue weighted by atomic mass is 16.1. The second-order valence-corrected chi connectivity index (χ2v) is 6.98. The van der Waals surface area contributed by atoms with E-state index in [1.165, 1.54) is 5.56 Å². The Hall–Kier alpha value is -2.88. The second kappa shape index (κ2) is 8.67. The summed E-state index contributed by atoms with van der Waals surface area (Å²) in [6.07, 6.45) is 3.61. The van der Waals surface area contributed by atoms with Gasteiger partial charge in [-0.15, -0.1) is 0 Å². The van der Waals surface area contributed by atoms with Gasteiger partial charge in [-0.05, 0) is 31.9 Å². The van der Waals surface area contributed by atoms with Gasteiger partial charge in [0.05, 0.1) is 11.4 Å². The maximum atomic E-state index is 12.4. The molecule has 0 aliphatic rings. The van der Waals surface area contributed by atoms with E-state index in [4.69, 9.17) is 5.10 Å². The zero-order valence-electron chi connectivity index (χ0n) is 16.3. The molecule has 0 saturated heterocycles. The Labute approximate surface area is 161 Å². The highest BCUT2D eigenvalue weighted by Gasteiger charge is 2.14. The van der Waals surface area contributed by atoms with E-state index in [1.54, 1.807) is 0 Å². The molecule has 4 nitrogen and oxygen atoms in total. The average Bonchev–Trinajstić information content (AvgIpc) is 3.06. The number of hydrogen-bond acceptors (Lipinski definition) is 2. The summed E-state index contributed by atoms with van der Waals surface area (Å²) in [7, 11) is 0. The van der Waals surface area contributed by atoms with Gasteiger partial charge >= 0.3 is 0 Å². The third-order valence-electron chi connectivity index (χ3n) is 4.68. The van der Waals surface area contributed by atoms with Gasteiger partial charge in [0.15, 0.2) is 0 Å². The fourth-order valence-corrected chi connectivity index (χ4v) is 3.06. The van der Waals surface area contributed by atoms with Gasteiger partial charge in [-0.25, -0.2) is 4.68 Å². The topological polar surface area (TPSA) is 46.9 Å². The van der Waals surface area contributed by atoms with Crippen LogP contribution in [0.5, 0.6) is 0 Å². The van der Waals surface area contributed by atoms with Crippen molar-refractivity contribution in [3.05, 3.63) is 65.7 Å². The quantitative estimate of drug-likeness (QED) is 0.551. The summed E-state index contributed by atoms with van der Waals surface area (Å²) in [5, 5.41) is 7.85. The minimum Gasteiger partial charge on any atom is -0.311 e. The Morgan fingerprint density at radius 2 is 1.78 bits per heavy atom. The first-order chi connectivity index (χ1) is 13.1. The molecule has 0 bridgehead atoms. The molecule has 1 N–H and O–H groups in total. The number of benzene rings is 2. The summed E-state index contributed by atoms with van der Waals surface area (Å²) < 4.78 is 1.84. The second-order valence-electron chi connectivity index (χ2n) is 6.98. The van der Waals surface area contributed by atoms with Crippen molar-refractivity contribution in [2.45, 2.75) is 46.5 Å². The molecule has 1 amide bonds. The fraction of sp³-hybridized carbons (Fsp3) is 0.304. The summed E-state index contributed by atoms with van der Waals surface area (Å²) in [4.78, 5) is 12.4. The molecule has 0 atom stereocenters. The van der Waals surface area contributed by atoms with Crippen molar-refractivity contribution in [3.8, 4) is 16.9 Å². The van der Waals surface area contributed by atoms with Gasteiger partial charge in [0.25, 0.3) is 0 Å². The lowest BCUT2D eigenvalue weighted by Gasteiger charge is -2.11. The molecule has 0 radical (unpaired) electrons. The van der Waals surface area contributed by atoms with Crippen LogP contribution in [0.25, 0.3) is 16.9 Å². The van der Waals surface area contributed by atoms with Crippen molar-refractivity contribution < 1.29 is 4.79 Å². The zero-order valence-corrected chi connectivity index (χ0v) is 16.3. The molecule has 0 aliphatic heterocycles. The third-order valence-corrected chi connectivity index (χ3v) is 4.68. The first-order valence-corrected chi connectivity index (χ1v) is 9.61. The SMILES string of the molecule is CCCCCC(=O)Nc1cc(-c2ccc(C)cc2)nn1-c1ccccc1C. The number of hydrogen-bond donors (Lipinski definition) is 1. The van der Waals surface area contributed by atoms with Crippen LogP contribution in [-0.2, 0) is 4.79 Å². The lowest BCUT2D eigenvalue weighted by Crippen LogP contribution is -2.15. The largest absolute Gasteiger partial charge is 0.311 e. The number of rotatable bonds is 7. The summed E-state index contributed by atoms with van der Waals surface area (Å²) in [5.74, 6) is 0.745. The van der Waals surface area contributed by atoms with E-state index < -0.39 is 0 Å². The Bertz CT molecular complexity index is 910. The van der Waals surface area contributed by atoms with Crippen LogP contribution in [0, 0.1) is 13.8 Å². The van der Waals surface area contributed by atoms with E-state index in [2.05, 4.69) is 56.4 Å². The molecule has 0 unspecified atom stereocenters. The van der Waals surface area contributed by atoms with E-state index in [0.29, 0.717) is 12.2 Å². The Morgan fingerprint density at radius 1 is 1.04 bits per heavy atom. The normalized spacial score (nSPS) is 10.8. The van der Waals surface area contributed by atoms with E-state index in [1.807, 2.05) is 28.9 Å². The van der Waals surface area contributed by atoms with Gasteiger partial charge in [0.2, 0.25) is 5.91 Å². The van der Waals surface area contributed by atoms with Crippen LogP contribution in [-0.4, -0.2) is 15.7 Å². The number of unbranched alkanes of at least 4 members (excludes halogenated alkanes) is 2. The van der Waals surface area contributed by atoms with Crippen LogP contribution < -0.4 is 5.32 Å². The Balaban J connectivity index is 1.95. The smallest absolute Gasteiger partial charge is 0.225 e. The van der Waals surface area contributed by atoms with Crippen LogP contribution >= 0.6 is 0 Å². The molecule has 1 heterocycles. The number of nitrogens with zero attached hydrogens (tertiary/aromatic N) is 2. The Kier molecular flexibility index (Phi) is 6.07. The number of aromatic nitrogens is 2. The summed E-state index contributed by atoms with van der Waals surface area (Å²) in [6.45, 7) is 6.26. The number of aryl methyl sites for hydroxylation is 2. The van der Waals surface area contributed by atoms with Crippen LogP contribution in [0.1, 0.15) is 43.7 Å². The fourth-order valence-electron chi connectivity index (χ4n) is 3.06. The molecule has 1 aromatic heterocycles. The van der Waals surface area contributed by atoms with E-state index in [0.717, 1.165) is 41.8 Å². The lowest BCUT2D eigenvalue weighted by atomic mass is 10.1. The summed E-state index contributed by atoms with van der Waals surface area (Å²) >= 11 is 0. The van der Waals surface area contributed by atoms with Gasteiger partial charge in [0, 0.05) is 18.1 Å². The Morgan fingerprint density at radius 3 is 2.48 bits per heavy atom. The number of carbonyl (C=O) groups excluding carboxylic acids is 1. The number of amides is 1. The van der Waals surface area contributed by atoms with E-state index in [9.17, 15) is 4.79 Å². The molecule has 27 heavy (non-hydrogen) atoms. The molecule has 140 valence electrons. The molecule has 0 spiro atoms. The van der Waals surface area contributed by atoms with Crippen molar-refractivity contribution in [2.75, 3.05) is 5.32 Å². The number of carbonyl (C=O) groups is 1. The van der Waals surface area contributed by atoms with Crippen molar-refractivity contribution in [3.63, 3.8) is 0 Å². The van der Waals surface area contributed by atoms with E-state index in [-0.39, 0.29) is 5.91 Å². The standard InChI is InChI=1S/C23H27N3O/c1-4-5-6-11-23(27)24-22-16-20(19-14-12-17(2)13-15-19)25-26(22)21-10-8-7-9-18(21)3/h7-10,12-16H,4-6,11H2,1-3H3,(H,24,27). The van der Waals surface area contributed by atoms with Gasteiger partial charge in [-0.3, -0.25) is 4.79 Å². The molecule has 2 aromatic carbocycles. The molecule has 0 saturated carbocycles. The first kappa shape index (κ1) is 18.9. The van der Waals surface area contributed by atoms with Crippen molar-refractivity contribution >= 4 is 11.7 Å². The minimum absolute atomic E-state index is 0.0358. The predicted molar refractivity (Wildman–Crippen MR) is 111 cm³/mol. The molecule has 3 rings (SSSR count). The first-order valence-electron chi connectivity index (χ1n) is 9.61. The molecule has 0 aliphatic carbocycles. The molecular formula is C23H27N3O. The van der Waals surface area contributed by atoms with Crippen LogP contribution in [0.2, 0.25) is 0 Å². The predicted octanol–water partition coefficient (Wildman–Crippen LogP) is 5.67. The average molecular weight is 361 g/mol. The van der Waals surface area contributed by atoms with Gasteiger partial charge in [0.1, 0.15) is 5.82 Å². The summed E-state index contributed by atoms with van der Waals surface area (Å²) in [6, 6.07) is 18.3. The highest BCUT2D eigenvalue weighted by molar-refractivity contribution is 5.90. The molecular weight excluding hydrogens is 334 g/mol. The maximum Gasteiger partial charge on any atom is 0.225 e. The van der Waals surface area contributed by atoms with Crippen LogP contribution in [0.4, 0.5) is 5.82 Å². The molecule has 4 heteroatoms. The van der Waals surface area contributed by atoms with E-state index >= 15 is 0 Å². The zero-order chi connectivity index (χ0) is 19.2. The molecule has 3 aromatic rings. The minimum atomic E-state index is 0.0358.